The second-order valence-electron chi connectivity index (χ2n) is 3.53. The van der Waals surface area contributed by atoms with Crippen molar-refractivity contribution in [3.05, 3.63) is 40.2 Å². The largest absolute Gasteiger partial charge is 0.476 e. The molecular weight excluding hydrogens is 331 g/mol. The van der Waals surface area contributed by atoms with Crippen LogP contribution in [0.5, 0.6) is 0 Å². The van der Waals surface area contributed by atoms with Gasteiger partial charge in [-0.3, -0.25) is 0 Å². The molecule has 0 aliphatic carbocycles. The number of aromatic nitrogens is 1. The zero-order valence-corrected chi connectivity index (χ0v) is 10.6. The number of benzene rings is 1. The van der Waals surface area contributed by atoms with E-state index in [2.05, 4.69) is 20.9 Å². The van der Waals surface area contributed by atoms with Crippen molar-refractivity contribution < 1.29 is 27.5 Å². The summed E-state index contributed by atoms with van der Waals surface area (Å²) in [5, 5.41) is 8.67. The summed E-state index contributed by atoms with van der Waals surface area (Å²) < 4.78 is 43.6. The highest BCUT2D eigenvalue weighted by molar-refractivity contribution is 9.10. The van der Waals surface area contributed by atoms with Crippen LogP contribution in [0.3, 0.4) is 0 Å². The van der Waals surface area contributed by atoms with Gasteiger partial charge in [0.1, 0.15) is 6.26 Å². The Labute approximate surface area is 113 Å². The number of rotatable bonds is 2. The van der Waals surface area contributed by atoms with Gasteiger partial charge in [0, 0.05) is 10.0 Å². The maximum Gasteiger partial charge on any atom is 0.417 e. The summed E-state index contributed by atoms with van der Waals surface area (Å²) in [4.78, 5) is 14.1. The highest BCUT2D eigenvalue weighted by Crippen LogP contribution is 2.38. The molecule has 0 amide bonds. The second-order valence-corrected chi connectivity index (χ2v) is 4.45. The quantitative estimate of drug-likeness (QED) is 0.906. The highest BCUT2D eigenvalue weighted by Gasteiger charge is 2.35. The SMILES string of the molecule is O=C(O)c1coc(-c2ccc(Br)cc2C(F)(F)F)n1. The molecular formula is C11H5BrF3NO3. The lowest BCUT2D eigenvalue weighted by atomic mass is 10.1. The molecule has 1 heterocycles. The fraction of sp³-hybridized carbons (Fsp3) is 0.0909. The van der Waals surface area contributed by atoms with Crippen molar-refractivity contribution in [3.8, 4) is 11.5 Å². The van der Waals surface area contributed by atoms with Gasteiger partial charge in [0.05, 0.1) is 5.56 Å². The van der Waals surface area contributed by atoms with E-state index in [0.29, 0.717) is 0 Å². The first kappa shape index (κ1) is 13.6. The van der Waals surface area contributed by atoms with Gasteiger partial charge in [-0.05, 0) is 18.2 Å². The lowest BCUT2D eigenvalue weighted by molar-refractivity contribution is -0.137. The Bertz CT molecular complexity index is 636. The minimum Gasteiger partial charge on any atom is -0.476 e. The number of aromatic carboxylic acids is 1. The molecule has 0 aliphatic rings. The van der Waals surface area contributed by atoms with E-state index < -0.39 is 29.3 Å². The third kappa shape index (κ3) is 2.78. The lowest BCUT2D eigenvalue weighted by Crippen LogP contribution is -2.07. The van der Waals surface area contributed by atoms with Crippen LogP contribution < -0.4 is 0 Å². The van der Waals surface area contributed by atoms with E-state index in [1.807, 2.05) is 0 Å². The van der Waals surface area contributed by atoms with Crippen molar-refractivity contribution in [2.24, 2.45) is 0 Å². The number of alkyl halides is 3. The summed E-state index contributed by atoms with van der Waals surface area (Å²) in [5.41, 5.74) is -1.73. The van der Waals surface area contributed by atoms with Crippen LogP contribution in [0.4, 0.5) is 13.2 Å². The highest BCUT2D eigenvalue weighted by atomic mass is 79.9. The third-order valence-electron chi connectivity index (χ3n) is 2.24. The molecule has 0 aliphatic heterocycles. The monoisotopic (exact) mass is 335 g/mol. The molecule has 2 rings (SSSR count). The zero-order valence-electron chi connectivity index (χ0n) is 9.03. The Kier molecular flexibility index (Phi) is 3.36. The van der Waals surface area contributed by atoms with E-state index in [9.17, 15) is 18.0 Å². The number of carbonyl (C=O) groups is 1. The molecule has 0 unspecified atom stereocenters. The maximum absolute atomic E-state index is 12.9. The molecule has 1 N–H and O–H groups in total. The van der Waals surface area contributed by atoms with E-state index in [-0.39, 0.29) is 10.0 Å². The van der Waals surface area contributed by atoms with E-state index >= 15 is 0 Å². The van der Waals surface area contributed by atoms with Gasteiger partial charge in [-0.25, -0.2) is 9.78 Å². The molecule has 8 heteroatoms. The minimum atomic E-state index is -4.60. The molecule has 100 valence electrons. The standard InChI is InChI=1S/C11H5BrF3NO3/c12-5-1-2-6(7(3-5)11(13,14)15)9-16-8(4-19-9)10(17)18/h1-4H,(H,17,18). The number of carboxylic acid groups (broad SMARTS) is 1. The Morgan fingerprint density at radius 1 is 1.37 bits per heavy atom. The van der Waals surface area contributed by atoms with E-state index in [1.54, 1.807) is 0 Å². The molecule has 0 radical (unpaired) electrons. The van der Waals surface area contributed by atoms with Crippen LogP contribution in [-0.2, 0) is 6.18 Å². The van der Waals surface area contributed by atoms with Crippen LogP contribution in [0.2, 0.25) is 0 Å². The minimum absolute atomic E-state index is 0.244. The Morgan fingerprint density at radius 3 is 2.58 bits per heavy atom. The summed E-state index contributed by atoms with van der Waals surface area (Å²) in [6.45, 7) is 0. The lowest BCUT2D eigenvalue weighted by Gasteiger charge is -2.10. The number of nitrogens with zero attached hydrogens (tertiary/aromatic N) is 1. The van der Waals surface area contributed by atoms with Crippen molar-refractivity contribution >= 4 is 21.9 Å². The van der Waals surface area contributed by atoms with Gasteiger partial charge in [-0.2, -0.15) is 13.2 Å². The smallest absolute Gasteiger partial charge is 0.417 e. The number of hydrogen-bond donors (Lipinski definition) is 1. The summed E-state index contributed by atoms with van der Waals surface area (Å²) in [6, 6.07) is 3.42. The van der Waals surface area contributed by atoms with Gasteiger partial charge < -0.3 is 9.52 Å². The molecule has 0 saturated heterocycles. The predicted molar refractivity (Wildman–Crippen MR) is 61.6 cm³/mol. The van der Waals surface area contributed by atoms with Crippen molar-refractivity contribution in [3.63, 3.8) is 0 Å². The molecule has 1 aromatic carbocycles. The summed E-state index contributed by atoms with van der Waals surface area (Å²) in [6.07, 6.45) is -3.81. The van der Waals surface area contributed by atoms with Crippen LogP contribution in [0.1, 0.15) is 16.1 Å². The van der Waals surface area contributed by atoms with Gasteiger partial charge in [-0.15, -0.1) is 0 Å². The van der Waals surface area contributed by atoms with E-state index in [4.69, 9.17) is 9.52 Å². The first-order valence-corrected chi connectivity index (χ1v) is 5.64. The molecule has 0 atom stereocenters. The molecule has 19 heavy (non-hydrogen) atoms. The first-order valence-electron chi connectivity index (χ1n) is 4.85. The third-order valence-corrected chi connectivity index (χ3v) is 2.73. The zero-order chi connectivity index (χ0) is 14.2. The number of carboxylic acids is 1. The Morgan fingerprint density at radius 2 is 2.05 bits per heavy atom. The average Bonchev–Trinajstić information content (AvgIpc) is 2.77. The van der Waals surface area contributed by atoms with Crippen LogP contribution in [0.15, 0.2) is 33.4 Å². The molecule has 0 spiro atoms. The Hall–Kier alpha value is -1.83. The molecule has 0 saturated carbocycles. The fourth-order valence-corrected chi connectivity index (χ4v) is 1.79. The number of oxazole rings is 1. The number of hydrogen-bond acceptors (Lipinski definition) is 3. The first-order chi connectivity index (χ1) is 8.79. The molecule has 0 bridgehead atoms. The Balaban J connectivity index is 2.58. The van der Waals surface area contributed by atoms with Crippen molar-refractivity contribution in [2.45, 2.75) is 6.18 Å². The van der Waals surface area contributed by atoms with Gasteiger partial charge in [0.2, 0.25) is 5.89 Å². The summed E-state index contributed by atoms with van der Waals surface area (Å²) in [7, 11) is 0. The van der Waals surface area contributed by atoms with Crippen LogP contribution in [-0.4, -0.2) is 16.1 Å². The normalized spacial score (nSPS) is 11.6. The molecule has 1 aromatic heterocycles. The van der Waals surface area contributed by atoms with Gasteiger partial charge >= 0.3 is 12.1 Å². The maximum atomic E-state index is 12.9. The van der Waals surface area contributed by atoms with E-state index in [1.165, 1.54) is 6.07 Å². The van der Waals surface area contributed by atoms with Gasteiger partial charge in [-0.1, -0.05) is 15.9 Å². The van der Waals surface area contributed by atoms with Crippen molar-refractivity contribution in [1.29, 1.82) is 0 Å². The van der Waals surface area contributed by atoms with Gasteiger partial charge in [0.15, 0.2) is 5.69 Å². The second kappa shape index (κ2) is 4.69. The fourth-order valence-electron chi connectivity index (χ4n) is 1.43. The summed E-state index contributed by atoms with van der Waals surface area (Å²) >= 11 is 2.94. The summed E-state index contributed by atoms with van der Waals surface area (Å²) in [5.74, 6) is -1.77. The molecule has 0 fully saturated rings. The van der Waals surface area contributed by atoms with E-state index in [0.717, 1.165) is 18.4 Å². The number of halogens is 4. The van der Waals surface area contributed by atoms with Crippen LogP contribution >= 0.6 is 15.9 Å². The topological polar surface area (TPSA) is 63.3 Å². The average molecular weight is 336 g/mol. The van der Waals surface area contributed by atoms with Crippen molar-refractivity contribution in [1.82, 2.24) is 4.98 Å². The predicted octanol–water partition coefficient (Wildman–Crippen LogP) is 3.82. The van der Waals surface area contributed by atoms with Crippen LogP contribution in [0, 0.1) is 0 Å². The molecule has 4 nitrogen and oxygen atoms in total. The molecule has 2 aromatic rings. The van der Waals surface area contributed by atoms with Gasteiger partial charge in [0.25, 0.3) is 0 Å². The van der Waals surface area contributed by atoms with Crippen molar-refractivity contribution in [2.75, 3.05) is 0 Å². The van der Waals surface area contributed by atoms with Crippen LogP contribution in [0.25, 0.3) is 11.5 Å².